The number of rotatable bonds is 2. The summed E-state index contributed by atoms with van der Waals surface area (Å²) in [6.07, 6.45) is 1.68. The summed E-state index contributed by atoms with van der Waals surface area (Å²) in [5.41, 5.74) is 9.57. The summed E-state index contributed by atoms with van der Waals surface area (Å²) in [6.45, 7) is 4.00. The van der Waals surface area contributed by atoms with Crippen LogP contribution in [0.2, 0.25) is 0 Å². The maximum absolute atomic E-state index is 6.15. The molecule has 78 valence electrons. The fraction of sp³-hybridized carbons (Fsp3) is 0.231. The van der Waals surface area contributed by atoms with Gasteiger partial charge in [-0.1, -0.05) is 29.8 Å². The third kappa shape index (κ3) is 1.95. The van der Waals surface area contributed by atoms with Crippen molar-refractivity contribution in [3.8, 4) is 0 Å². The minimum Gasteiger partial charge on any atom is -0.469 e. The molecule has 2 nitrogen and oxygen atoms in total. The van der Waals surface area contributed by atoms with Crippen molar-refractivity contribution in [2.24, 2.45) is 5.73 Å². The molecule has 2 N–H and O–H groups in total. The molecule has 0 fully saturated rings. The van der Waals surface area contributed by atoms with Gasteiger partial charge in [0.25, 0.3) is 0 Å². The van der Waals surface area contributed by atoms with Crippen LogP contribution in [-0.4, -0.2) is 0 Å². The molecule has 2 aromatic rings. The summed E-state index contributed by atoms with van der Waals surface area (Å²) in [5.74, 6) is 0.892. The van der Waals surface area contributed by atoms with E-state index < -0.39 is 0 Å². The highest BCUT2D eigenvalue weighted by Crippen LogP contribution is 2.23. The Balaban J connectivity index is 2.32. The molecule has 0 aliphatic rings. The molecule has 0 saturated carbocycles. The lowest BCUT2D eigenvalue weighted by Gasteiger charge is -2.11. The fourth-order valence-electron chi connectivity index (χ4n) is 1.67. The summed E-state index contributed by atoms with van der Waals surface area (Å²) in [6, 6.07) is 10.1. The first-order valence-electron chi connectivity index (χ1n) is 5.04. The molecular weight excluding hydrogens is 186 g/mol. The van der Waals surface area contributed by atoms with E-state index in [0.29, 0.717) is 0 Å². The average molecular weight is 201 g/mol. The molecule has 0 aliphatic carbocycles. The lowest BCUT2D eigenvalue weighted by atomic mass is 9.99. The van der Waals surface area contributed by atoms with E-state index in [1.165, 1.54) is 5.56 Å². The van der Waals surface area contributed by atoms with E-state index in [-0.39, 0.29) is 6.04 Å². The minimum absolute atomic E-state index is 0.0932. The molecule has 2 heteroatoms. The number of hydrogen-bond acceptors (Lipinski definition) is 2. The van der Waals surface area contributed by atoms with E-state index in [9.17, 15) is 0 Å². The van der Waals surface area contributed by atoms with Gasteiger partial charge in [0.2, 0.25) is 0 Å². The number of furan rings is 1. The summed E-state index contributed by atoms with van der Waals surface area (Å²) >= 11 is 0. The Morgan fingerprint density at radius 2 is 1.73 bits per heavy atom. The Bertz CT molecular complexity index is 442. The van der Waals surface area contributed by atoms with Gasteiger partial charge in [0, 0.05) is 5.56 Å². The van der Waals surface area contributed by atoms with Crippen molar-refractivity contribution < 1.29 is 4.42 Å². The molecule has 1 heterocycles. The Labute approximate surface area is 89.7 Å². The number of benzene rings is 1. The van der Waals surface area contributed by atoms with Crippen LogP contribution in [0.3, 0.4) is 0 Å². The van der Waals surface area contributed by atoms with Crippen LogP contribution in [0.5, 0.6) is 0 Å². The topological polar surface area (TPSA) is 39.2 Å². The first-order valence-corrected chi connectivity index (χ1v) is 5.04. The van der Waals surface area contributed by atoms with Crippen LogP contribution in [0, 0.1) is 13.8 Å². The van der Waals surface area contributed by atoms with Gasteiger partial charge in [0.05, 0.1) is 12.3 Å². The molecular formula is C13H15NO. The second-order valence-corrected chi connectivity index (χ2v) is 3.82. The zero-order chi connectivity index (χ0) is 10.8. The third-order valence-corrected chi connectivity index (χ3v) is 2.67. The van der Waals surface area contributed by atoms with Gasteiger partial charge in [0.1, 0.15) is 5.76 Å². The normalized spacial score (nSPS) is 12.7. The van der Waals surface area contributed by atoms with Crippen molar-refractivity contribution in [2.75, 3.05) is 0 Å². The first-order chi connectivity index (χ1) is 7.18. The molecule has 0 bridgehead atoms. The van der Waals surface area contributed by atoms with Crippen molar-refractivity contribution in [3.63, 3.8) is 0 Å². The van der Waals surface area contributed by atoms with Gasteiger partial charge in [-0.05, 0) is 25.5 Å². The Kier molecular flexibility index (Phi) is 2.60. The second-order valence-electron chi connectivity index (χ2n) is 3.82. The maximum atomic E-state index is 6.15. The Morgan fingerprint density at radius 1 is 1.07 bits per heavy atom. The first kappa shape index (κ1) is 9.99. The van der Waals surface area contributed by atoms with Crippen LogP contribution < -0.4 is 5.73 Å². The smallest absolute Gasteiger partial charge is 0.105 e. The van der Waals surface area contributed by atoms with Crippen LogP contribution in [0.1, 0.15) is 28.5 Å². The van der Waals surface area contributed by atoms with Crippen molar-refractivity contribution in [2.45, 2.75) is 19.9 Å². The Hall–Kier alpha value is -1.54. The van der Waals surface area contributed by atoms with Crippen molar-refractivity contribution in [1.82, 2.24) is 0 Å². The zero-order valence-corrected chi connectivity index (χ0v) is 9.03. The van der Waals surface area contributed by atoms with Gasteiger partial charge in [-0.15, -0.1) is 0 Å². The summed E-state index contributed by atoms with van der Waals surface area (Å²) < 4.78 is 5.25. The molecule has 1 aromatic carbocycles. The van der Waals surface area contributed by atoms with Crippen LogP contribution in [-0.2, 0) is 0 Å². The molecule has 0 saturated heterocycles. The van der Waals surface area contributed by atoms with E-state index in [2.05, 4.69) is 31.2 Å². The lowest BCUT2D eigenvalue weighted by molar-refractivity contribution is 0.527. The third-order valence-electron chi connectivity index (χ3n) is 2.67. The van der Waals surface area contributed by atoms with Crippen LogP contribution in [0.25, 0.3) is 0 Å². The quantitative estimate of drug-likeness (QED) is 0.811. The van der Waals surface area contributed by atoms with Gasteiger partial charge in [-0.3, -0.25) is 0 Å². The summed E-state index contributed by atoms with van der Waals surface area (Å²) in [7, 11) is 0. The van der Waals surface area contributed by atoms with Gasteiger partial charge in [-0.2, -0.15) is 0 Å². The van der Waals surface area contributed by atoms with E-state index >= 15 is 0 Å². The minimum atomic E-state index is -0.0932. The van der Waals surface area contributed by atoms with Crippen molar-refractivity contribution in [3.05, 3.63) is 59.0 Å². The molecule has 2 rings (SSSR count). The van der Waals surface area contributed by atoms with Gasteiger partial charge >= 0.3 is 0 Å². The van der Waals surface area contributed by atoms with Gasteiger partial charge in [-0.25, -0.2) is 0 Å². The highest BCUT2D eigenvalue weighted by atomic mass is 16.3. The van der Waals surface area contributed by atoms with Gasteiger partial charge < -0.3 is 10.2 Å². The molecule has 0 spiro atoms. The van der Waals surface area contributed by atoms with E-state index in [4.69, 9.17) is 10.2 Å². The lowest BCUT2D eigenvalue weighted by Crippen LogP contribution is -2.11. The largest absolute Gasteiger partial charge is 0.469 e. The average Bonchev–Trinajstić information content (AvgIpc) is 2.65. The standard InChI is InChI=1S/C13H15NO/c1-9-3-5-11(6-4-9)13(14)12-7-8-15-10(12)2/h3-8,13H,14H2,1-2H3. The highest BCUT2D eigenvalue weighted by Gasteiger charge is 2.12. The van der Waals surface area contributed by atoms with Gasteiger partial charge in [0.15, 0.2) is 0 Å². The number of hydrogen-bond donors (Lipinski definition) is 1. The number of nitrogens with two attached hydrogens (primary N) is 1. The molecule has 0 amide bonds. The predicted molar refractivity (Wildman–Crippen MR) is 60.7 cm³/mol. The Morgan fingerprint density at radius 3 is 2.27 bits per heavy atom. The zero-order valence-electron chi connectivity index (χ0n) is 9.03. The van der Waals surface area contributed by atoms with Crippen LogP contribution in [0.15, 0.2) is 41.0 Å². The summed E-state index contributed by atoms with van der Waals surface area (Å²) in [4.78, 5) is 0. The second kappa shape index (κ2) is 3.91. The molecule has 15 heavy (non-hydrogen) atoms. The van der Waals surface area contributed by atoms with E-state index in [1.54, 1.807) is 6.26 Å². The fourth-order valence-corrected chi connectivity index (χ4v) is 1.67. The summed E-state index contributed by atoms with van der Waals surface area (Å²) in [5, 5.41) is 0. The van der Waals surface area contributed by atoms with Crippen LogP contribution >= 0.6 is 0 Å². The molecule has 1 aromatic heterocycles. The van der Waals surface area contributed by atoms with E-state index in [0.717, 1.165) is 16.9 Å². The maximum Gasteiger partial charge on any atom is 0.105 e. The highest BCUT2D eigenvalue weighted by molar-refractivity contribution is 5.33. The molecule has 0 radical (unpaired) electrons. The van der Waals surface area contributed by atoms with E-state index in [1.807, 2.05) is 13.0 Å². The van der Waals surface area contributed by atoms with Crippen LogP contribution in [0.4, 0.5) is 0 Å². The number of aryl methyl sites for hydroxylation is 2. The van der Waals surface area contributed by atoms with Crippen molar-refractivity contribution >= 4 is 0 Å². The SMILES string of the molecule is Cc1ccc(C(N)c2ccoc2C)cc1. The monoisotopic (exact) mass is 201 g/mol. The van der Waals surface area contributed by atoms with Crippen molar-refractivity contribution in [1.29, 1.82) is 0 Å². The predicted octanol–water partition coefficient (Wildman–Crippen LogP) is 2.94. The molecule has 0 aliphatic heterocycles. The molecule has 1 unspecified atom stereocenters. The molecule has 1 atom stereocenters.